The summed E-state index contributed by atoms with van der Waals surface area (Å²) in [4.78, 5) is 23.9. The summed E-state index contributed by atoms with van der Waals surface area (Å²) in [6.07, 6.45) is 3.94. The Balaban J connectivity index is 1.92. The Morgan fingerprint density at radius 1 is 1.06 bits per heavy atom. The van der Waals surface area contributed by atoms with Crippen molar-refractivity contribution in [1.82, 2.24) is 10.3 Å². The van der Waals surface area contributed by atoms with Crippen molar-refractivity contribution >= 4 is 5.57 Å². The van der Waals surface area contributed by atoms with Gasteiger partial charge in [0, 0.05) is 17.1 Å². The number of allylic oxidation sites excluding steroid dienone is 1. The van der Waals surface area contributed by atoms with Crippen LogP contribution in [0.25, 0.3) is 5.57 Å². The summed E-state index contributed by atoms with van der Waals surface area (Å²) in [6.45, 7) is 0. The highest BCUT2D eigenvalue weighted by atomic mass is 16.6. The molecule has 1 fully saturated rings. The molecule has 0 amide bonds. The number of rotatable bonds is 6. The average Bonchev–Trinajstić information content (AvgIpc) is 3.52. The minimum absolute atomic E-state index is 0.0233. The maximum atomic E-state index is 12.5. The summed E-state index contributed by atoms with van der Waals surface area (Å²) < 4.78 is 21.2. The fourth-order valence-corrected chi connectivity index (χ4v) is 5.52. The van der Waals surface area contributed by atoms with Crippen LogP contribution in [0.5, 0.6) is 17.2 Å². The largest absolute Gasteiger partial charge is 0.496 e. The molecule has 1 heterocycles. The molecule has 12 heteroatoms. The van der Waals surface area contributed by atoms with E-state index < -0.39 is 33.1 Å². The van der Waals surface area contributed by atoms with Crippen molar-refractivity contribution in [2.75, 3.05) is 21.3 Å². The third-order valence-corrected chi connectivity index (χ3v) is 6.70. The fourth-order valence-electron chi connectivity index (χ4n) is 5.52. The van der Waals surface area contributed by atoms with Crippen LogP contribution in [-0.4, -0.2) is 41.5 Å². The first kappa shape index (κ1) is 20.0. The Kier molecular flexibility index (Phi) is 4.23. The van der Waals surface area contributed by atoms with Gasteiger partial charge in [-0.05, 0) is 22.7 Å². The highest BCUT2D eigenvalue weighted by Gasteiger charge is 2.75. The van der Waals surface area contributed by atoms with Crippen LogP contribution >= 0.6 is 0 Å². The molecule has 4 atom stereocenters. The lowest BCUT2D eigenvalue weighted by molar-refractivity contribution is -0.602. The van der Waals surface area contributed by atoms with Gasteiger partial charge >= 0.3 is 0 Å². The van der Waals surface area contributed by atoms with Gasteiger partial charge in [-0.2, -0.15) is 0 Å². The highest BCUT2D eigenvalue weighted by Crippen LogP contribution is 2.64. The molecule has 2 aromatic rings. The number of benzene rings is 1. The van der Waals surface area contributed by atoms with Gasteiger partial charge < -0.3 is 14.2 Å². The van der Waals surface area contributed by atoms with Gasteiger partial charge in [0.2, 0.25) is 0 Å². The maximum absolute atomic E-state index is 12.5. The van der Waals surface area contributed by atoms with Crippen molar-refractivity contribution in [2.24, 2.45) is 17.8 Å². The summed E-state index contributed by atoms with van der Waals surface area (Å²) in [5, 5.41) is 32.8. The summed E-state index contributed by atoms with van der Waals surface area (Å²) in [6, 6.07) is 3.09. The monoisotopic (exact) mass is 442 g/mol. The number of hydrogen-bond acceptors (Lipinski definition) is 10. The van der Waals surface area contributed by atoms with Crippen LogP contribution in [0.15, 0.2) is 34.6 Å². The minimum atomic E-state index is -1.83. The molecule has 166 valence electrons. The zero-order valence-electron chi connectivity index (χ0n) is 17.3. The average molecular weight is 442 g/mol. The molecular weight excluding hydrogens is 424 g/mol. The Hall–Kier alpha value is -3.96. The van der Waals surface area contributed by atoms with Crippen molar-refractivity contribution in [3.63, 3.8) is 0 Å². The molecular formula is C20H18N4O8. The van der Waals surface area contributed by atoms with Crippen molar-refractivity contribution in [3.8, 4) is 17.2 Å². The quantitative estimate of drug-likeness (QED) is 0.370. The standard InChI is InChI=1S/C20H18N4O8/c1-29-11-7-12(30-2)14(13(8-11)31-3)15-17-19(22-32-21-17)20(24(27)28)10-5-4-9(6-10)16(20)18(15)23(25)26/h4-5,7-10,16H,6H2,1-3H3/t9-,10+,16-,20+/m1/s1. The predicted molar refractivity (Wildman–Crippen MR) is 106 cm³/mol. The number of ether oxygens (including phenoxy) is 3. The molecule has 5 rings (SSSR count). The van der Waals surface area contributed by atoms with Crippen LogP contribution in [0, 0.1) is 38.0 Å². The Morgan fingerprint density at radius 2 is 1.75 bits per heavy atom. The number of hydrogen-bond donors (Lipinski definition) is 0. The number of nitro groups is 2. The number of methoxy groups -OCH3 is 3. The summed E-state index contributed by atoms with van der Waals surface area (Å²) in [7, 11) is 4.26. The van der Waals surface area contributed by atoms with Crippen LogP contribution in [0.3, 0.4) is 0 Å². The van der Waals surface area contributed by atoms with Gasteiger partial charge in [-0.25, -0.2) is 4.63 Å². The SMILES string of the molecule is COc1cc(OC)c(C2=C([N+](=O)[O-])[C@H]3[C@@H]4C=C[C@@H](C4)[C@@]3([N+](=O)[O-])c3nonc32)c(OC)c1. The zero-order chi connectivity index (χ0) is 22.8. The third-order valence-electron chi connectivity index (χ3n) is 6.70. The topological polar surface area (TPSA) is 153 Å². The molecule has 0 unspecified atom stereocenters. The second-order valence-corrected chi connectivity index (χ2v) is 7.84. The van der Waals surface area contributed by atoms with E-state index in [9.17, 15) is 20.2 Å². The van der Waals surface area contributed by atoms with E-state index in [0.29, 0.717) is 12.2 Å². The molecule has 3 aliphatic rings. The van der Waals surface area contributed by atoms with Crippen LogP contribution in [0.2, 0.25) is 0 Å². The van der Waals surface area contributed by atoms with Gasteiger partial charge in [-0.3, -0.25) is 20.2 Å². The van der Waals surface area contributed by atoms with E-state index in [2.05, 4.69) is 10.3 Å². The Bertz CT molecular complexity index is 1190. The maximum Gasteiger partial charge on any atom is 0.288 e. The first-order chi connectivity index (χ1) is 15.4. The first-order valence-corrected chi connectivity index (χ1v) is 9.75. The highest BCUT2D eigenvalue weighted by molar-refractivity contribution is 5.89. The second-order valence-electron chi connectivity index (χ2n) is 7.84. The van der Waals surface area contributed by atoms with E-state index in [1.165, 1.54) is 21.3 Å². The van der Waals surface area contributed by atoms with Crippen LogP contribution < -0.4 is 14.2 Å². The molecule has 2 bridgehead atoms. The second kappa shape index (κ2) is 6.77. The molecule has 0 N–H and O–H groups in total. The molecule has 1 aromatic carbocycles. The number of fused-ring (bicyclic) bond motifs is 7. The predicted octanol–water partition coefficient (Wildman–Crippen LogP) is 2.44. The lowest BCUT2D eigenvalue weighted by Crippen LogP contribution is -2.50. The van der Waals surface area contributed by atoms with Gasteiger partial charge in [0.15, 0.2) is 11.4 Å². The normalized spacial score (nSPS) is 27.2. The molecule has 12 nitrogen and oxygen atoms in total. The lowest BCUT2D eigenvalue weighted by atomic mass is 9.66. The molecule has 0 spiro atoms. The Labute approximate surface area is 180 Å². The van der Waals surface area contributed by atoms with Gasteiger partial charge in [0.25, 0.3) is 11.2 Å². The van der Waals surface area contributed by atoms with Gasteiger partial charge in [0.05, 0.1) is 43.3 Å². The Morgan fingerprint density at radius 3 is 2.31 bits per heavy atom. The van der Waals surface area contributed by atoms with Crippen molar-refractivity contribution in [1.29, 1.82) is 0 Å². The third kappa shape index (κ3) is 2.26. The summed E-state index contributed by atoms with van der Waals surface area (Å²) in [5.74, 6) is -1.18. The van der Waals surface area contributed by atoms with E-state index >= 15 is 0 Å². The molecule has 1 saturated carbocycles. The fraction of sp³-hybridized carbons (Fsp3) is 0.400. The molecule has 3 aliphatic carbocycles. The molecule has 0 aliphatic heterocycles. The molecule has 32 heavy (non-hydrogen) atoms. The van der Waals surface area contributed by atoms with Crippen molar-refractivity contribution < 1.29 is 28.7 Å². The van der Waals surface area contributed by atoms with Gasteiger partial charge in [-0.1, -0.05) is 12.2 Å². The van der Waals surface area contributed by atoms with E-state index in [0.717, 1.165) is 0 Å². The van der Waals surface area contributed by atoms with Gasteiger partial charge in [0.1, 0.15) is 23.2 Å². The lowest BCUT2D eigenvalue weighted by Gasteiger charge is -2.34. The van der Waals surface area contributed by atoms with E-state index in [1.54, 1.807) is 24.3 Å². The summed E-state index contributed by atoms with van der Waals surface area (Å²) >= 11 is 0. The van der Waals surface area contributed by atoms with E-state index in [-0.39, 0.29) is 39.7 Å². The first-order valence-electron chi connectivity index (χ1n) is 9.75. The molecule has 0 saturated heterocycles. The smallest absolute Gasteiger partial charge is 0.288 e. The van der Waals surface area contributed by atoms with E-state index in [1.807, 2.05) is 0 Å². The zero-order valence-corrected chi connectivity index (χ0v) is 17.3. The van der Waals surface area contributed by atoms with Crippen LogP contribution in [-0.2, 0) is 5.54 Å². The van der Waals surface area contributed by atoms with E-state index in [4.69, 9.17) is 18.8 Å². The number of aromatic nitrogens is 2. The van der Waals surface area contributed by atoms with Gasteiger partial charge in [-0.15, -0.1) is 0 Å². The van der Waals surface area contributed by atoms with Crippen LogP contribution in [0.4, 0.5) is 0 Å². The number of nitrogens with zero attached hydrogens (tertiary/aromatic N) is 4. The van der Waals surface area contributed by atoms with Crippen molar-refractivity contribution in [2.45, 2.75) is 12.0 Å². The van der Waals surface area contributed by atoms with Crippen molar-refractivity contribution in [3.05, 3.63) is 67.2 Å². The minimum Gasteiger partial charge on any atom is -0.496 e. The van der Waals surface area contributed by atoms with Crippen LogP contribution in [0.1, 0.15) is 23.4 Å². The summed E-state index contributed by atoms with van der Waals surface area (Å²) in [5.41, 5.74) is -1.98. The molecule has 0 radical (unpaired) electrons. The molecule has 1 aromatic heterocycles.